The van der Waals surface area contributed by atoms with Crippen LogP contribution < -0.4 is 4.72 Å². The summed E-state index contributed by atoms with van der Waals surface area (Å²) in [6, 6.07) is 0. The van der Waals surface area contributed by atoms with E-state index in [1.54, 1.807) is 0 Å². The molecular weight excluding hydrogens is 156 g/mol. The average molecular weight is 162 g/mol. The second-order valence-electron chi connectivity index (χ2n) is 1.76. The van der Waals surface area contributed by atoms with E-state index in [4.69, 9.17) is 0 Å². The molecule has 0 saturated carbocycles. The van der Waals surface area contributed by atoms with Crippen molar-refractivity contribution in [2.75, 3.05) is 7.05 Å². The molecule has 0 atom stereocenters. The maximum Gasteiger partial charge on any atom is 0.325 e. The van der Waals surface area contributed by atoms with Gasteiger partial charge in [0, 0.05) is 19.3 Å². The van der Waals surface area contributed by atoms with E-state index in [0.717, 1.165) is 12.3 Å². The molecule has 5 nitrogen and oxygen atoms in total. The normalized spacial score (nSPS) is 22.5. The molecule has 10 heavy (non-hydrogen) atoms. The Kier molecular flexibility index (Phi) is 1.40. The van der Waals surface area contributed by atoms with Crippen molar-refractivity contribution < 1.29 is 13.2 Å². The molecule has 1 heterocycles. The third-order valence-corrected chi connectivity index (χ3v) is 2.45. The first-order valence-electron chi connectivity index (χ1n) is 2.51. The first-order chi connectivity index (χ1) is 4.54. The highest BCUT2D eigenvalue weighted by atomic mass is 32.2. The summed E-state index contributed by atoms with van der Waals surface area (Å²) in [5.41, 5.74) is 0. The molecule has 0 bridgehead atoms. The molecule has 6 heteroatoms. The summed E-state index contributed by atoms with van der Waals surface area (Å²) >= 11 is 0. The van der Waals surface area contributed by atoms with Crippen molar-refractivity contribution >= 4 is 16.1 Å². The molecular formula is C4H6N2O3S. The number of rotatable bonds is 0. The summed E-state index contributed by atoms with van der Waals surface area (Å²) in [4.78, 5) is 10.6. The van der Waals surface area contributed by atoms with E-state index < -0.39 is 16.1 Å². The highest BCUT2D eigenvalue weighted by Crippen LogP contribution is 1.99. The van der Waals surface area contributed by atoms with Gasteiger partial charge >= 0.3 is 10.2 Å². The molecule has 1 aliphatic heterocycles. The largest absolute Gasteiger partial charge is 0.325 e. The average Bonchev–Trinajstić information content (AvgIpc) is 1.83. The molecule has 0 aromatic heterocycles. The highest BCUT2D eigenvalue weighted by molar-refractivity contribution is 7.87. The lowest BCUT2D eigenvalue weighted by atomic mass is 10.6. The van der Waals surface area contributed by atoms with Crippen LogP contribution in [0.25, 0.3) is 0 Å². The van der Waals surface area contributed by atoms with Gasteiger partial charge in [-0.1, -0.05) is 0 Å². The van der Waals surface area contributed by atoms with Gasteiger partial charge in [0.1, 0.15) is 0 Å². The fraction of sp³-hybridized carbons (Fsp3) is 0.250. The molecule has 0 spiro atoms. The van der Waals surface area contributed by atoms with Crippen molar-refractivity contribution in [3.05, 3.63) is 12.3 Å². The fourth-order valence-electron chi connectivity index (χ4n) is 0.494. The molecule has 0 saturated heterocycles. The molecule has 1 amide bonds. The predicted molar refractivity (Wildman–Crippen MR) is 34.0 cm³/mol. The van der Waals surface area contributed by atoms with Crippen LogP contribution in [-0.2, 0) is 15.0 Å². The molecule has 1 aliphatic rings. The Morgan fingerprint density at radius 2 is 2.20 bits per heavy atom. The first-order valence-corrected chi connectivity index (χ1v) is 3.95. The van der Waals surface area contributed by atoms with Gasteiger partial charge in [-0.3, -0.25) is 9.52 Å². The second kappa shape index (κ2) is 1.98. The van der Waals surface area contributed by atoms with Gasteiger partial charge in [0.15, 0.2) is 0 Å². The minimum Gasteiger partial charge on any atom is -0.273 e. The van der Waals surface area contributed by atoms with Crippen molar-refractivity contribution in [3.63, 3.8) is 0 Å². The third-order valence-electron chi connectivity index (χ3n) is 1.11. The van der Waals surface area contributed by atoms with Crippen LogP contribution in [-0.4, -0.2) is 25.7 Å². The van der Waals surface area contributed by atoms with Crippen molar-refractivity contribution in [3.8, 4) is 0 Å². The molecule has 0 aliphatic carbocycles. The van der Waals surface area contributed by atoms with Crippen LogP contribution in [0.2, 0.25) is 0 Å². The third kappa shape index (κ3) is 0.971. The zero-order valence-corrected chi connectivity index (χ0v) is 6.05. The standard InChI is InChI=1S/C4H6N2O3S/c1-6-4(7)2-3-5-10(6,8)9/h2-3,5H,1H3. The molecule has 0 radical (unpaired) electrons. The molecule has 0 aromatic rings. The molecule has 0 unspecified atom stereocenters. The van der Waals surface area contributed by atoms with E-state index in [-0.39, 0.29) is 0 Å². The van der Waals surface area contributed by atoms with Gasteiger partial charge in [-0.25, -0.2) is 4.31 Å². The number of hydrogen-bond acceptors (Lipinski definition) is 3. The van der Waals surface area contributed by atoms with E-state index in [1.165, 1.54) is 7.05 Å². The van der Waals surface area contributed by atoms with E-state index in [1.807, 2.05) is 4.72 Å². The van der Waals surface area contributed by atoms with Gasteiger partial charge in [-0.2, -0.15) is 8.42 Å². The highest BCUT2D eigenvalue weighted by Gasteiger charge is 2.22. The molecule has 1 N–H and O–H groups in total. The van der Waals surface area contributed by atoms with Crippen LogP contribution in [0.15, 0.2) is 12.3 Å². The second-order valence-corrected chi connectivity index (χ2v) is 3.50. The summed E-state index contributed by atoms with van der Waals surface area (Å²) in [7, 11) is -2.37. The van der Waals surface area contributed by atoms with E-state index >= 15 is 0 Å². The van der Waals surface area contributed by atoms with Crippen LogP contribution in [0.3, 0.4) is 0 Å². The quantitative estimate of drug-likeness (QED) is 0.487. The minimum absolute atomic E-state index is 0.543. The van der Waals surface area contributed by atoms with Gasteiger partial charge in [0.25, 0.3) is 5.91 Å². The summed E-state index contributed by atoms with van der Waals surface area (Å²) in [5, 5.41) is 0. The van der Waals surface area contributed by atoms with Crippen molar-refractivity contribution in [1.82, 2.24) is 9.03 Å². The van der Waals surface area contributed by atoms with Gasteiger partial charge < -0.3 is 0 Å². The maximum absolute atomic E-state index is 10.7. The predicted octanol–water partition coefficient (Wildman–Crippen LogP) is -1.19. The Labute approximate surface area is 58.5 Å². The van der Waals surface area contributed by atoms with Gasteiger partial charge in [0.2, 0.25) is 0 Å². The number of carbonyl (C=O) groups is 1. The van der Waals surface area contributed by atoms with Crippen LogP contribution in [0, 0.1) is 0 Å². The molecule has 1 rings (SSSR count). The number of nitrogens with one attached hydrogen (secondary N) is 1. The van der Waals surface area contributed by atoms with E-state index in [0.29, 0.717) is 4.31 Å². The number of likely N-dealkylation sites (N-methyl/N-ethyl adjacent to an activating group) is 1. The number of nitrogens with zero attached hydrogens (tertiary/aromatic N) is 1. The van der Waals surface area contributed by atoms with Crippen molar-refractivity contribution in [2.45, 2.75) is 0 Å². The zero-order valence-electron chi connectivity index (χ0n) is 5.23. The number of hydrogen-bond donors (Lipinski definition) is 1. The Balaban J connectivity index is 3.09. The van der Waals surface area contributed by atoms with E-state index in [9.17, 15) is 13.2 Å². The van der Waals surface area contributed by atoms with Crippen LogP contribution in [0.1, 0.15) is 0 Å². The lowest BCUT2D eigenvalue weighted by molar-refractivity contribution is -0.120. The minimum atomic E-state index is -3.56. The first kappa shape index (κ1) is 7.07. The summed E-state index contributed by atoms with van der Waals surface area (Å²) in [5.74, 6) is -0.543. The Hall–Kier alpha value is -1.04. The Morgan fingerprint density at radius 1 is 1.60 bits per heavy atom. The lowest BCUT2D eigenvalue weighted by Crippen LogP contribution is -2.42. The van der Waals surface area contributed by atoms with Crippen LogP contribution in [0.5, 0.6) is 0 Å². The maximum atomic E-state index is 10.7. The zero-order chi connectivity index (χ0) is 7.78. The van der Waals surface area contributed by atoms with E-state index in [2.05, 4.69) is 0 Å². The lowest BCUT2D eigenvalue weighted by Gasteiger charge is -2.18. The fourth-order valence-corrected chi connectivity index (χ4v) is 1.19. The topological polar surface area (TPSA) is 66.5 Å². The monoisotopic (exact) mass is 162 g/mol. The summed E-state index contributed by atoms with van der Waals surface area (Å²) < 4.78 is 24.1. The Bertz CT molecular complexity index is 279. The molecule has 56 valence electrons. The van der Waals surface area contributed by atoms with Crippen LogP contribution >= 0.6 is 0 Å². The van der Waals surface area contributed by atoms with Gasteiger partial charge in [-0.15, -0.1) is 0 Å². The SMILES string of the molecule is CN1C(=O)C=CNS1(=O)=O. The number of carbonyl (C=O) groups excluding carboxylic acids is 1. The Morgan fingerprint density at radius 3 is 2.60 bits per heavy atom. The van der Waals surface area contributed by atoms with Crippen LogP contribution in [0.4, 0.5) is 0 Å². The van der Waals surface area contributed by atoms with Gasteiger partial charge in [0.05, 0.1) is 0 Å². The molecule has 0 fully saturated rings. The summed E-state index contributed by atoms with van der Waals surface area (Å²) in [6.07, 6.45) is 2.23. The summed E-state index contributed by atoms with van der Waals surface area (Å²) in [6.45, 7) is 0. The van der Waals surface area contributed by atoms with Crippen molar-refractivity contribution in [2.24, 2.45) is 0 Å². The smallest absolute Gasteiger partial charge is 0.273 e. The number of amides is 1. The van der Waals surface area contributed by atoms with Crippen molar-refractivity contribution in [1.29, 1.82) is 0 Å². The van der Waals surface area contributed by atoms with Gasteiger partial charge in [-0.05, 0) is 0 Å². The molecule has 0 aromatic carbocycles.